The number of hydrogen-bond donors (Lipinski definition) is 1. The van der Waals surface area contributed by atoms with Gasteiger partial charge in [-0.2, -0.15) is 0 Å². The van der Waals surface area contributed by atoms with E-state index in [2.05, 4.69) is 54.7 Å². The van der Waals surface area contributed by atoms with E-state index in [1.807, 2.05) is 0 Å². The van der Waals surface area contributed by atoms with Gasteiger partial charge >= 0.3 is 0 Å². The molecule has 1 N–H and O–H groups in total. The predicted octanol–water partition coefficient (Wildman–Crippen LogP) is 3.12. The van der Waals surface area contributed by atoms with Crippen molar-refractivity contribution in [2.45, 2.75) is 13.0 Å². The van der Waals surface area contributed by atoms with Gasteiger partial charge < -0.3 is 5.32 Å². The third kappa shape index (κ3) is 1.44. The first-order chi connectivity index (χ1) is 7.34. The van der Waals surface area contributed by atoms with E-state index in [9.17, 15) is 0 Å². The average Bonchev–Trinajstić information content (AvgIpc) is 2.27. The van der Waals surface area contributed by atoms with E-state index in [0.29, 0.717) is 6.04 Å². The maximum Gasteiger partial charge on any atom is 0.0358 e. The summed E-state index contributed by atoms with van der Waals surface area (Å²) in [4.78, 5) is 0. The molecule has 1 heteroatoms. The Bertz CT molecular complexity index is 489. The number of rotatable bonds is 1. The summed E-state index contributed by atoms with van der Waals surface area (Å²) in [5.74, 6) is 0.770. The summed E-state index contributed by atoms with van der Waals surface area (Å²) < 4.78 is 0. The molecule has 2 aromatic rings. The fourth-order valence-electron chi connectivity index (χ4n) is 2.32. The average molecular weight is 197 g/mol. The zero-order valence-corrected chi connectivity index (χ0v) is 8.90. The lowest BCUT2D eigenvalue weighted by Gasteiger charge is -2.36. The molecule has 0 amide bonds. The Hall–Kier alpha value is -1.34. The highest BCUT2D eigenvalue weighted by Gasteiger charge is 2.27. The molecule has 0 radical (unpaired) electrons. The van der Waals surface area contributed by atoms with Gasteiger partial charge in [-0.15, -0.1) is 0 Å². The van der Waals surface area contributed by atoms with Crippen LogP contribution in [0.25, 0.3) is 10.8 Å². The third-order valence-corrected chi connectivity index (χ3v) is 3.36. The predicted molar refractivity (Wildman–Crippen MR) is 63.9 cm³/mol. The molecule has 1 heterocycles. The first-order valence-corrected chi connectivity index (χ1v) is 5.57. The molecule has 0 bridgehead atoms. The molecule has 2 unspecified atom stereocenters. The van der Waals surface area contributed by atoms with E-state index in [1.54, 1.807) is 0 Å². The Balaban J connectivity index is 2.06. The molecule has 0 saturated carbocycles. The monoisotopic (exact) mass is 197 g/mol. The van der Waals surface area contributed by atoms with Crippen LogP contribution in [0.3, 0.4) is 0 Å². The number of fused-ring (bicyclic) bond motifs is 1. The van der Waals surface area contributed by atoms with Gasteiger partial charge in [-0.05, 0) is 28.3 Å². The summed E-state index contributed by atoms with van der Waals surface area (Å²) in [6, 6.07) is 15.9. The van der Waals surface area contributed by atoms with E-state index >= 15 is 0 Å². The van der Waals surface area contributed by atoms with Crippen molar-refractivity contribution in [3.8, 4) is 0 Å². The molecule has 1 aliphatic rings. The summed E-state index contributed by atoms with van der Waals surface area (Å²) >= 11 is 0. The van der Waals surface area contributed by atoms with Gasteiger partial charge in [-0.1, -0.05) is 43.3 Å². The van der Waals surface area contributed by atoms with E-state index in [4.69, 9.17) is 0 Å². The molecule has 1 aliphatic heterocycles. The van der Waals surface area contributed by atoms with Gasteiger partial charge in [0.1, 0.15) is 0 Å². The number of nitrogens with one attached hydrogen (secondary N) is 1. The van der Waals surface area contributed by atoms with E-state index in [1.165, 1.54) is 16.3 Å². The molecule has 0 aromatic heterocycles. The quantitative estimate of drug-likeness (QED) is 0.740. The van der Waals surface area contributed by atoms with Crippen LogP contribution in [0.4, 0.5) is 0 Å². The highest BCUT2D eigenvalue weighted by molar-refractivity contribution is 5.83. The fourth-order valence-corrected chi connectivity index (χ4v) is 2.32. The van der Waals surface area contributed by atoms with Crippen molar-refractivity contribution < 1.29 is 0 Å². The molecule has 15 heavy (non-hydrogen) atoms. The van der Waals surface area contributed by atoms with Gasteiger partial charge in [0.05, 0.1) is 0 Å². The smallest absolute Gasteiger partial charge is 0.0358 e. The van der Waals surface area contributed by atoms with Gasteiger partial charge in [0.2, 0.25) is 0 Å². The Morgan fingerprint density at radius 1 is 1.07 bits per heavy atom. The van der Waals surface area contributed by atoms with E-state index in [0.717, 1.165) is 12.5 Å². The second-order valence-electron chi connectivity index (χ2n) is 4.47. The Labute approximate surface area is 90.1 Å². The van der Waals surface area contributed by atoms with Crippen molar-refractivity contribution in [3.63, 3.8) is 0 Å². The molecule has 76 valence electrons. The Kier molecular flexibility index (Phi) is 2.00. The van der Waals surface area contributed by atoms with Crippen molar-refractivity contribution in [3.05, 3.63) is 48.0 Å². The minimum atomic E-state index is 0.564. The summed E-state index contributed by atoms with van der Waals surface area (Å²) in [5.41, 5.74) is 1.42. The SMILES string of the molecule is CC1CNC1c1ccc2ccccc2c1. The fraction of sp³-hybridized carbons (Fsp3) is 0.286. The minimum Gasteiger partial charge on any atom is -0.309 e. The van der Waals surface area contributed by atoms with Crippen LogP contribution in [-0.2, 0) is 0 Å². The number of benzene rings is 2. The van der Waals surface area contributed by atoms with Crippen molar-refractivity contribution in [1.29, 1.82) is 0 Å². The van der Waals surface area contributed by atoms with Crippen LogP contribution in [0.2, 0.25) is 0 Å². The van der Waals surface area contributed by atoms with Crippen LogP contribution >= 0.6 is 0 Å². The van der Waals surface area contributed by atoms with Crippen LogP contribution in [0.15, 0.2) is 42.5 Å². The van der Waals surface area contributed by atoms with Crippen molar-refractivity contribution in [2.75, 3.05) is 6.54 Å². The summed E-state index contributed by atoms with van der Waals surface area (Å²) in [6.07, 6.45) is 0. The lowest BCUT2D eigenvalue weighted by atomic mass is 9.87. The molecular weight excluding hydrogens is 182 g/mol. The van der Waals surface area contributed by atoms with Crippen LogP contribution in [0.5, 0.6) is 0 Å². The topological polar surface area (TPSA) is 12.0 Å². The second-order valence-corrected chi connectivity index (χ2v) is 4.47. The first kappa shape index (κ1) is 8.93. The zero-order valence-electron chi connectivity index (χ0n) is 8.90. The highest BCUT2D eigenvalue weighted by atomic mass is 15.0. The first-order valence-electron chi connectivity index (χ1n) is 5.57. The normalized spacial score (nSPS) is 25.1. The maximum atomic E-state index is 3.48. The van der Waals surface area contributed by atoms with Crippen LogP contribution in [-0.4, -0.2) is 6.54 Å². The van der Waals surface area contributed by atoms with E-state index in [-0.39, 0.29) is 0 Å². The summed E-state index contributed by atoms with van der Waals surface area (Å²) in [6.45, 7) is 3.45. The third-order valence-electron chi connectivity index (χ3n) is 3.36. The second kappa shape index (κ2) is 3.35. The molecule has 3 rings (SSSR count). The highest BCUT2D eigenvalue weighted by Crippen LogP contribution is 2.30. The summed E-state index contributed by atoms with van der Waals surface area (Å²) in [5, 5.41) is 6.15. The van der Waals surface area contributed by atoms with Gasteiger partial charge in [0, 0.05) is 12.6 Å². The standard InChI is InChI=1S/C14H15N/c1-10-9-15-14(10)13-7-6-11-4-2-3-5-12(11)8-13/h2-8,10,14-15H,9H2,1H3. The van der Waals surface area contributed by atoms with Crippen molar-refractivity contribution in [2.24, 2.45) is 5.92 Å². The molecule has 1 saturated heterocycles. The molecule has 0 spiro atoms. The van der Waals surface area contributed by atoms with Crippen LogP contribution < -0.4 is 5.32 Å². The number of hydrogen-bond acceptors (Lipinski definition) is 1. The molecule has 1 nitrogen and oxygen atoms in total. The largest absolute Gasteiger partial charge is 0.309 e. The molecular formula is C14H15N. The van der Waals surface area contributed by atoms with Gasteiger partial charge in [-0.25, -0.2) is 0 Å². The van der Waals surface area contributed by atoms with Gasteiger partial charge in [-0.3, -0.25) is 0 Å². The van der Waals surface area contributed by atoms with Gasteiger partial charge in [0.15, 0.2) is 0 Å². The van der Waals surface area contributed by atoms with Crippen molar-refractivity contribution in [1.82, 2.24) is 5.32 Å². The Morgan fingerprint density at radius 2 is 1.87 bits per heavy atom. The zero-order chi connectivity index (χ0) is 10.3. The molecule has 0 aliphatic carbocycles. The molecule has 2 atom stereocenters. The maximum absolute atomic E-state index is 3.48. The van der Waals surface area contributed by atoms with E-state index < -0.39 is 0 Å². The van der Waals surface area contributed by atoms with Crippen molar-refractivity contribution >= 4 is 10.8 Å². The lowest BCUT2D eigenvalue weighted by Crippen LogP contribution is -2.43. The molecule has 1 fully saturated rings. The Morgan fingerprint density at radius 3 is 2.53 bits per heavy atom. The van der Waals surface area contributed by atoms with Crippen LogP contribution in [0, 0.1) is 5.92 Å². The minimum absolute atomic E-state index is 0.564. The van der Waals surface area contributed by atoms with Gasteiger partial charge in [0.25, 0.3) is 0 Å². The lowest BCUT2D eigenvalue weighted by molar-refractivity contribution is 0.258. The molecule has 2 aromatic carbocycles. The summed E-state index contributed by atoms with van der Waals surface area (Å²) in [7, 11) is 0. The van der Waals surface area contributed by atoms with Crippen LogP contribution in [0.1, 0.15) is 18.5 Å².